The Kier molecular flexibility index (Phi) is 3.64. The van der Waals surface area contributed by atoms with E-state index in [1.54, 1.807) is 0 Å². The van der Waals surface area contributed by atoms with Crippen LogP contribution in [0.3, 0.4) is 0 Å². The Morgan fingerprint density at radius 3 is 2.67 bits per heavy atom. The van der Waals surface area contributed by atoms with Gasteiger partial charge in [0.2, 0.25) is 11.6 Å². The highest BCUT2D eigenvalue weighted by atomic mass is 16.6. The molecule has 0 aliphatic rings. The van der Waals surface area contributed by atoms with Gasteiger partial charge in [-0.05, 0) is 31.0 Å². The van der Waals surface area contributed by atoms with Crippen LogP contribution in [-0.2, 0) is 0 Å². The normalized spacial score (nSPS) is 10.8. The van der Waals surface area contributed by atoms with E-state index in [4.69, 9.17) is 4.52 Å². The molecule has 0 saturated carbocycles. The molecule has 0 atom stereocenters. The summed E-state index contributed by atoms with van der Waals surface area (Å²) in [5.74, 6) is -1.10. The molecule has 0 spiro atoms. The summed E-state index contributed by atoms with van der Waals surface area (Å²) in [4.78, 5) is 14.4. The second-order valence-corrected chi connectivity index (χ2v) is 5.29. The first-order chi connectivity index (χ1) is 11.4. The highest BCUT2D eigenvalue weighted by Crippen LogP contribution is 2.39. The van der Waals surface area contributed by atoms with E-state index >= 15 is 0 Å². The Balaban J connectivity index is 2.09. The molecule has 0 aliphatic heterocycles. The molecule has 0 saturated heterocycles. The van der Waals surface area contributed by atoms with Gasteiger partial charge in [0.1, 0.15) is 0 Å². The molecular formula is C16H13N3O5. The molecule has 3 rings (SSSR count). The zero-order chi connectivity index (χ0) is 17.4. The van der Waals surface area contributed by atoms with Crippen LogP contribution < -0.4 is 0 Å². The maximum Gasteiger partial charge on any atom is 0.315 e. The topological polar surface area (TPSA) is 123 Å². The van der Waals surface area contributed by atoms with E-state index in [-0.39, 0.29) is 11.5 Å². The molecule has 2 N–H and O–H groups in total. The van der Waals surface area contributed by atoms with Crippen LogP contribution in [-0.4, -0.2) is 25.3 Å². The Bertz CT molecular complexity index is 949. The Morgan fingerprint density at radius 1 is 1.21 bits per heavy atom. The summed E-state index contributed by atoms with van der Waals surface area (Å²) in [6.45, 7) is 3.89. The Labute approximate surface area is 136 Å². The van der Waals surface area contributed by atoms with Crippen molar-refractivity contribution in [2.45, 2.75) is 13.8 Å². The van der Waals surface area contributed by atoms with E-state index in [2.05, 4.69) is 10.1 Å². The number of phenolic OH excluding ortho intramolecular Hbond substituents is 2. The van der Waals surface area contributed by atoms with Crippen molar-refractivity contribution in [2.75, 3.05) is 0 Å². The second kappa shape index (κ2) is 5.65. The van der Waals surface area contributed by atoms with E-state index in [0.29, 0.717) is 5.82 Å². The molecule has 8 heteroatoms. The molecule has 24 heavy (non-hydrogen) atoms. The van der Waals surface area contributed by atoms with E-state index in [1.807, 2.05) is 32.0 Å². The lowest BCUT2D eigenvalue weighted by molar-refractivity contribution is -0.385. The number of benzene rings is 2. The van der Waals surface area contributed by atoms with Gasteiger partial charge < -0.3 is 14.7 Å². The lowest BCUT2D eigenvalue weighted by atomic mass is 10.0. The molecule has 0 fully saturated rings. The highest BCUT2D eigenvalue weighted by molar-refractivity contribution is 5.69. The predicted octanol–water partition coefficient (Wildman–Crippen LogP) is 3.34. The molecule has 0 aliphatic carbocycles. The number of phenols is 2. The number of nitro benzene ring substituents is 1. The molecule has 3 aromatic rings. The zero-order valence-electron chi connectivity index (χ0n) is 12.8. The summed E-state index contributed by atoms with van der Waals surface area (Å²) in [5.41, 5.74) is 2.33. The fourth-order valence-corrected chi connectivity index (χ4v) is 2.31. The van der Waals surface area contributed by atoms with Gasteiger partial charge in [0, 0.05) is 11.6 Å². The van der Waals surface area contributed by atoms with E-state index < -0.39 is 22.1 Å². The molecule has 2 aromatic carbocycles. The van der Waals surface area contributed by atoms with Crippen LogP contribution in [0.2, 0.25) is 0 Å². The van der Waals surface area contributed by atoms with Crippen LogP contribution in [0.15, 0.2) is 34.9 Å². The van der Waals surface area contributed by atoms with Crippen LogP contribution in [0.4, 0.5) is 5.69 Å². The van der Waals surface area contributed by atoms with Crippen LogP contribution in [0.5, 0.6) is 11.5 Å². The maximum absolute atomic E-state index is 10.9. The van der Waals surface area contributed by atoms with Crippen molar-refractivity contribution in [3.8, 4) is 34.3 Å². The first-order valence-electron chi connectivity index (χ1n) is 6.99. The minimum absolute atomic E-state index is 0.00399. The van der Waals surface area contributed by atoms with E-state index in [1.165, 1.54) is 0 Å². The fraction of sp³-hybridized carbons (Fsp3) is 0.125. The van der Waals surface area contributed by atoms with E-state index in [0.717, 1.165) is 28.8 Å². The number of hydrogen-bond donors (Lipinski definition) is 2. The molecule has 122 valence electrons. The summed E-state index contributed by atoms with van der Waals surface area (Å²) in [6, 6.07) is 7.86. The third kappa shape index (κ3) is 2.54. The summed E-state index contributed by atoms with van der Waals surface area (Å²) in [5, 5.41) is 34.0. The SMILES string of the molecule is Cc1cccc(-c2noc(-c3cc(O)c(O)c([N+](=O)[O-])c3)n2)c1C. The first-order valence-corrected chi connectivity index (χ1v) is 6.99. The van der Waals surface area contributed by atoms with Gasteiger partial charge in [-0.1, -0.05) is 23.4 Å². The van der Waals surface area contributed by atoms with Crippen LogP contribution >= 0.6 is 0 Å². The number of aromatic nitrogens is 2. The van der Waals surface area contributed by atoms with E-state index in [9.17, 15) is 20.3 Å². The molecular weight excluding hydrogens is 314 g/mol. The summed E-state index contributed by atoms with van der Waals surface area (Å²) in [6.07, 6.45) is 0. The number of nitrogens with zero attached hydrogens (tertiary/aromatic N) is 3. The number of rotatable bonds is 3. The van der Waals surface area contributed by atoms with Crippen molar-refractivity contribution < 1.29 is 19.7 Å². The van der Waals surface area contributed by atoms with Crippen molar-refractivity contribution >= 4 is 5.69 Å². The zero-order valence-corrected chi connectivity index (χ0v) is 12.8. The lowest BCUT2D eigenvalue weighted by Crippen LogP contribution is -1.91. The molecule has 0 amide bonds. The third-order valence-electron chi connectivity index (χ3n) is 3.78. The number of nitro groups is 1. The average molecular weight is 327 g/mol. The largest absolute Gasteiger partial charge is 0.504 e. The predicted molar refractivity (Wildman–Crippen MR) is 84.6 cm³/mol. The van der Waals surface area contributed by atoms with Crippen LogP contribution in [0.25, 0.3) is 22.8 Å². The summed E-state index contributed by atoms with van der Waals surface area (Å²) >= 11 is 0. The summed E-state index contributed by atoms with van der Waals surface area (Å²) in [7, 11) is 0. The van der Waals surface area contributed by atoms with Crippen molar-refractivity contribution in [1.82, 2.24) is 10.1 Å². The number of aromatic hydroxyl groups is 2. The van der Waals surface area contributed by atoms with Crippen LogP contribution in [0, 0.1) is 24.0 Å². The maximum atomic E-state index is 10.9. The lowest BCUT2D eigenvalue weighted by Gasteiger charge is -2.03. The van der Waals surface area contributed by atoms with Crippen molar-refractivity contribution in [2.24, 2.45) is 0 Å². The molecule has 1 heterocycles. The van der Waals surface area contributed by atoms with Crippen molar-refractivity contribution in [3.05, 3.63) is 51.6 Å². The molecule has 0 bridgehead atoms. The van der Waals surface area contributed by atoms with Gasteiger partial charge in [-0.25, -0.2) is 0 Å². The van der Waals surface area contributed by atoms with Gasteiger partial charge in [0.25, 0.3) is 5.89 Å². The monoisotopic (exact) mass is 327 g/mol. The van der Waals surface area contributed by atoms with Gasteiger partial charge in [-0.15, -0.1) is 0 Å². The first kappa shape index (κ1) is 15.5. The standard InChI is InChI=1S/C16H13N3O5/c1-8-4-3-5-11(9(8)2)15-17-16(24-18-15)10-6-12(19(22)23)14(21)13(20)7-10/h3-7,20-21H,1-2H3. The molecule has 0 unspecified atom stereocenters. The molecule has 8 nitrogen and oxygen atoms in total. The Hall–Kier alpha value is -3.42. The van der Waals surface area contributed by atoms with Gasteiger partial charge >= 0.3 is 5.69 Å². The number of hydrogen-bond acceptors (Lipinski definition) is 7. The average Bonchev–Trinajstić information content (AvgIpc) is 3.02. The fourth-order valence-electron chi connectivity index (χ4n) is 2.31. The highest BCUT2D eigenvalue weighted by Gasteiger charge is 2.22. The Morgan fingerprint density at radius 2 is 1.96 bits per heavy atom. The molecule has 1 aromatic heterocycles. The molecule has 0 radical (unpaired) electrons. The van der Waals surface area contributed by atoms with Gasteiger partial charge in [0.15, 0.2) is 5.75 Å². The quantitative estimate of drug-likeness (QED) is 0.429. The number of aryl methyl sites for hydroxylation is 1. The van der Waals surface area contributed by atoms with Crippen molar-refractivity contribution in [3.63, 3.8) is 0 Å². The van der Waals surface area contributed by atoms with Crippen molar-refractivity contribution in [1.29, 1.82) is 0 Å². The minimum Gasteiger partial charge on any atom is -0.504 e. The second-order valence-electron chi connectivity index (χ2n) is 5.29. The minimum atomic E-state index is -0.807. The van der Waals surface area contributed by atoms with Crippen LogP contribution in [0.1, 0.15) is 11.1 Å². The third-order valence-corrected chi connectivity index (χ3v) is 3.78. The van der Waals surface area contributed by atoms with Gasteiger partial charge in [-0.2, -0.15) is 4.98 Å². The summed E-state index contributed by atoms with van der Waals surface area (Å²) < 4.78 is 5.15. The smallest absolute Gasteiger partial charge is 0.315 e. The van der Waals surface area contributed by atoms with Gasteiger partial charge in [0.05, 0.1) is 10.5 Å². The van der Waals surface area contributed by atoms with Gasteiger partial charge in [-0.3, -0.25) is 10.1 Å².